The van der Waals surface area contributed by atoms with Crippen molar-refractivity contribution in [2.75, 3.05) is 13.2 Å². The van der Waals surface area contributed by atoms with Crippen LogP contribution in [-0.4, -0.2) is 28.8 Å². The van der Waals surface area contributed by atoms with Gasteiger partial charge in [-0.15, -0.1) is 0 Å². The minimum Gasteiger partial charge on any atom is -0.486 e. The molecule has 0 N–H and O–H groups in total. The Morgan fingerprint density at radius 1 is 1.25 bits per heavy atom. The smallest absolute Gasteiger partial charge is 0.196 e. The van der Waals surface area contributed by atoms with Crippen LogP contribution >= 0.6 is 0 Å². The summed E-state index contributed by atoms with van der Waals surface area (Å²) in [5.41, 5.74) is 1.18. The van der Waals surface area contributed by atoms with Gasteiger partial charge in [-0.2, -0.15) is 5.10 Å². The highest BCUT2D eigenvalue weighted by Crippen LogP contribution is 2.31. The molecule has 0 unspecified atom stereocenters. The Hall–Kier alpha value is -2.30. The maximum atomic E-state index is 12.4. The van der Waals surface area contributed by atoms with Gasteiger partial charge in [0.15, 0.2) is 17.3 Å². The molecule has 1 aromatic carbocycles. The van der Waals surface area contributed by atoms with Crippen molar-refractivity contribution in [1.29, 1.82) is 0 Å². The molecule has 20 heavy (non-hydrogen) atoms. The summed E-state index contributed by atoms with van der Waals surface area (Å²) < 4.78 is 12.7. The van der Waals surface area contributed by atoms with Crippen molar-refractivity contribution in [1.82, 2.24) is 9.78 Å². The largest absolute Gasteiger partial charge is 0.486 e. The molecule has 1 aliphatic rings. The van der Waals surface area contributed by atoms with E-state index in [0.29, 0.717) is 35.8 Å². The zero-order chi connectivity index (χ0) is 13.9. The van der Waals surface area contributed by atoms with Gasteiger partial charge in [-0.3, -0.25) is 9.48 Å². The van der Waals surface area contributed by atoms with Crippen LogP contribution in [0, 0.1) is 0 Å². The van der Waals surface area contributed by atoms with Crippen LogP contribution in [-0.2, 0) is 6.54 Å². The molecule has 1 aliphatic heterocycles. The topological polar surface area (TPSA) is 53.4 Å². The van der Waals surface area contributed by atoms with E-state index in [-0.39, 0.29) is 5.78 Å². The lowest BCUT2D eigenvalue weighted by Gasteiger charge is -2.18. The monoisotopic (exact) mass is 272 g/mol. The molecule has 0 aliphatic carbocycles. The number of hydrogen-bond donors (Lipinski definition) is 0. The number of benzene rings is 1. The van der Waals surface area contributed by atoms with Gasteiger partial charge in [-0.1, -0.05) is 6.92 Å². The minimum atomic E-state index is -0.0515. The molecule has 0 spiro atoms. The molecule has 0 saturated carbocycles. The fourth-order valence-electron chi connectivity index (χ4n) is 2.18. The Balaban J connectivity index is 1.85. The summed E-state index contributed by atoms with van der Waals surface area (Å²) in [4.78, 5) is 12.4. The van der Waals surface area contributed by atoms with Crippen molar-refractivity contribution < 1.29 is 14.3 Å². The molecular formula is C15H16N2O3. The minimum absolute atomic E-state index is 0.0515. The van der Waals surface area contributed by atoms with E-state index in [4.69, 9.17) is 9.47 Å². The Morgan fingerprint density at radius 3 is 2.85 bits per heavy atom. The number of fused-ring (bicyclic) bond motifs is 1. The average Bonchev–Trinajstić information content (AvgIpc) is 2.95. The number of ketones is 1. The van der Waals surface area contributed by atoms with Crippen LogP contribution in [0.2, 0.25) is 0 Å². The van der Waals surface area contributed by atoms with Gasteiger partial charge >= 0.3 is 0 Å². The second-order valence-corrected chi connectivity index (χ2v) is 4.68. The van der Waals surface area contributed by atoms with Crippen LogP contribution in [0.4, 0.5) is 0 Å². The van der Waals surface area contributed by atoms with E-state index in [0.717, 1.165) is 13.0 Å². The first-order valence-corrected chi connectivity index (χ1v) is 6.74. The van der Waals surface area contributed by atoms with Gasteiger partial charge in [-0.05, 0) is 24.6 Å². The lowest BCUT2D eigenvalue weighted by atomic mass is 10.1. The number of ether oxygens (including phenoxy) is 2. The van der Waals surface area contributed by atoms with Gasteiger partial charge in [0.25, 0.3) is 0 Å². The molecule has 2 aromatic rings. The fourth-order valence-corrected chi connectivity index (χ4v) is 2.18. The second-order valence-electron chi connectivity index (χ2n) is 4.68. The molecule has 0 atom stereocenters. The molecule has 0 amide bonds. The molecule has 0 saturated heterocycles. The molecule has 104 valence electrons. The standard InChI is InChI=1S/C15H16N2O3/c1-2-5-17-10-12(9-16-17)15(18)11-3-4-13-14(8-11)20-7-6-19-13/h3-4,8-10H,2,5-7H2,1H3. The summed E-state index contributed by atoms with van der Waals surface area (Å²) in [5.74, 6) is 1.27. The molecule has 0 fully saturated rings. The van der Waals surface area contributed by atoms with Gasteiger partial charge < -0.3 is 9.47 Å². The SMILES string of the molecule is CCCn1cc(C(=O)c2ccc3c(c2)OCCO3)cn1. The molecule has 0 radical (unpaired) electrons. The maximum absolute atomic E-state index is 12.4. The van der Waals surface area contributed by atoms with E-state index in [1.54, 1.807) is 35.3 Å². The lowest BCUT2D eigenvalue weighted by Crippen LogP contribution is -2.15. The summed E-state index contributed by atoms with van der Waals surface area (Å²) in [6.45, 7) is 3.95. The predicted molar refractivity (Wildman–Crippen MR) is 73.4 cm³/mol. The number of carbonyl (C=O) groups excluding carboxylic acids is 1. The molecule has 5 nitrogen and oxygen atoms in total. The number of nitrogens with zero attached hydrogens (tertiary/aromatic N) is 2. The molecule has 1 aromatic heterocycles. The normalized spacial score (nSPS) is 13.2. The van der Waals surface area contributed by atoms with Crippen LogP contribution < -0.4 is 9.47 Å². The number of aromatic nitrogens is 2. The van der Waals surface area contributed by atoms with Gasteiger partial charge in [0, 0.05) is 18.3 Å². The summed E-state index contributed by atoms with van der Waals surface area (Å²) >= 11 is 0. The van der Waals surface area contributed by atoms with Crippen molar-refractivity contribution in [2.24, 2.45) is 0 Å². The van der Waals surface area contributed by atoms with Gasteiger partial charge in [0.05, 0.1) is 11.8 Å². The number of rotatable bonds is 4. The second kappa shape index (κ2) is 5.36. The van der Waals surface area contributed by atoms with Crippen molar-refractivity contribution >= 4 is 5.78 Å². The molecule has 0 bridgehead atoms. The van der Waals surface area contributed by atoms with Crippen LogP contribution in [0.15, 0.2) is 30.6 Å². The third-order valence-corrected chi connectivity index (χ3v) is 3.15. The van der Waals surface area contributed by atoms with Crippen LogP contribution in [0.25, 0.3) is 0 Å². The Morgan fingerprint density at radius 2 is 2.05 bits per heavy atom. The van der Waals surface area contributed by atoms with E-state index in [1.165, 1.54) is 0 Å². The zero-order valence-corrected chi connectivity index (χ0v) is 11.3. The Kier molecular flexibility index (Phi) is 3.41. The van der Waals surface area contributed by atoms with Crippen LogP contribution in [0.1, 0.15) is 29.3 Å². The molecular weight excluding hydrogens is 256 g/mol. The lowest BCUT2D eigenvalue weighted by molar-refractivity contribution is 0.103. The first-order valence-electron chi connectivity index (χ1n) is 6.74. The van der Waals surface area contributed by atoms with Crippen LogP contribution in [0.5, 0.6) is 11.5 Å². The van der Waals surface area contributed by atoms with Crippen molar-refractivity contribution in [2.45, 2.75) is 19.9 Å². The maximum Gasteiger partial charge on any atom is 0.196 e. The molecule has 3 rings (SSSR count). The highest BCUT2D eigenvalue weighted by Gasteiger charge is 2.17. The van der Waals surface area contributed by atoms with E-state index >= 15 is 0 Å². The summed E-state index contributed by atoms with van der Waals surface area (Å²) in [5, 5.41) is 4.18. The highest BCUT2D eigenvalue weighted by molar-refractivity contribution is 6.09. The molecule has 5 heteroatoms. The summed E-state index contributed by atoms with van der Waals surface area (Å²) in [7, 11) is 0. The van der Waals surface area contributed by atoms with E-state index in [2.05, 4.69) is 12.0 Å². The van der Waals surface area contributed by atoms with Crippen molar-refractivity contribution in [3.63, 3.8) is 0 Å². The van der Waals surface area contributed by atoms with E-state index in [9.17, 15) is 4.79 Å². The van der Waals surface area contributed by atoms with Crippen LogP contribution in [0.3, 0.4) is 0 Å². The fraction of sp³-hybridized carbons (Fsp3) is 0.333. The Labute approximate surface area is 117 Å². The first-order chi connectivity index (χ1) is 9.78. The summed E-state index contributed by atoms with van der Waals surface area (Å²) in [6.07, 6.45) is 4.37. The molecule has 2 heterocycles. The van der Waals surface area contributed by atoms with Gasteiger partial charge in [0.2, 0.25) is 0 Å². The first kappa shape index (κ1) is 12.7. The van der Waals surface area contributed by atoms with Crippen molar-refractivity contribution in [3.05, 3.63) is 41.7 Å². The third-order valence-electron chi connectivity index (χ3n) is 3.15. The third kappa shape index (κ3) is 2.39. The Bertz CT molecular complexity index is 634. The van der Waals surface area contributed by atoms with E-state index < -0.39 is 0 Å². The number of aryl methyl sites for hydroxylation is 1. The zero-order valence-electron chi connectivity index (χ0n) is 11.3. The van der Waals surface area contributed by atoms with E-state index in [1.807, 2.05) is 0 Å². The number of hydrogen-bond acceptors (Lipinski definition) is 4. The average molecular weight is 272 g/mol. The highest BCUT2D eigenvalue weighted by atomic mass is 16.6. The number of carbonyl (C=O) groups is 1. The quantitative estimate of drug-likeness (QED) is 0.801. The van der Waals surface area contributed by atoms with Crippen molar-refractivity contribution in [3.8, 4) is 11.5 Å². The summed E-state index contributed by atoms with van der Waals surface area (Å²) in [6, 6.07) is 5.26. The van der Waals surface area contributed by atoms with Gasteiger partial charge in [0.1, 0.15) is 13.2 Å². The van der Waals surface area contributed by atoms with Gasteiger partial charge in [-0.25, -0.2) is 0 Å². The predicted octanol–water partition coefficient (Wildman–Crippen LogP) is 2.30.